The van der Waals surface area contributed by atoms with Gasteiger partial charge in [-0.25, -0.2) is 0 Å². The number of fused-ring (bicyclic) bond motifs is 1. The predicted molar refractivity (Wildman–Crippen MR) is 201 cm³/mol. The number of benzene rings is 2. The Bertz CT molecular complexity index is 1430. The summed E-state index contributed by atoms with van der Waals surface area (Å²) in [7, 11) is -0.532. The van der Waals surface area contributed by atoms with Crippen LogP contribution in [0, 0.1) is 18.3 Å². The summed E-state index contributed by atoms with van der Waals surface area (Å²) in [4.78, 5) is 0. The van der Waals surface area contributed by atoms with Crippen LogP contribution in [0.4, 0.5) is 0 Å². The largest absolute Gasteiger partial charge is 0.491 e. The van der Waals surface area contributed by atoms with Crippen molar-refractivity contribution in [3.63, 3.8) is 0 Å². The van der Waals surface area contributed by atoms with Gasteiger partial charge in [-0.05, 0) is 86.5 Å². The van der Waals surface area contributed by atoms with Gasteiger partial charge in [-0.1, -0.05) is 76.3 Å². The van der Waals surface area contributed by atoms with Gasteiger partial charge in [0.1, 0.15) is 30.5 Å². The quantitative estimate of drug-likeness (QED) is 0.0714. The molecule has 50 heavy (non-hydrogen) atoms. The lowest BCUT2D eigenvalue weighted by Gasteiger charge is -2.59. The summed E-state index contributed by atoms with van der Waals surface area (Å²) in [6.07, 6.45) is 7.56. The van der Waals surface area contributed by atoms with Gasteiger partial charge in [0.25, 0.3) is 0 Å². The number of methoxy groups -OCH3 is 1. The molecule has 5 atom stereocenters. The van der Waals surface area contributed by atoms with Gasteiger partial charge in [-0.3, -0.25) is 0 Å². The van der Waals surface area contributed by atoms with Crippen LogP contribution in [0.15, 0.2) is 66.3 Å². The Labute approximate surface area is 302 Å². The van der Waals surface area contributed by atoms with Crippen LogP contribution >= 0.6 is 0 Å². The fourth-order valence-corrected chi connectivity index (χ4v) is 8.44. The molecule has 0 saturated carbocycles. The number of aliphatic hydroxyl groups is 1. The number of ether oxygens (including phenoxy) is 6. The average molecular weight is 711 g/mol. The molecular weight excluding hydrogens is 649 g/mol. The van der Waals surface area contributed by atoms with E-state index in [0.29, 0.717) is 50.8 Å². The Morgan fingerprint density at radius 3 is 2.32 bits per heavy atom. The highest BCUT2D eigenvalue weighted by molar-refractivity contribution is 6.74. The molecule has 0 fully saturated rings. The lowest BCUT2D eigenvalue weighted by atomic mass is 9.52. The van der Waals surface area contributed by atoms with E-state index >= 15 is 0 Å². The molecule has 4 rings (SSSR count). The molecule has 0 aromatic heterocycles. The third kappa shape index (κ3) is 9.10. The molecule has 0 amide bonds. The third-order valence-corrected chi connectivity index (χ3v) is 15.6. The number of hydrogen-bond acceptors (Lipinski definition) is 8. The zero-order valence-electron chi connectivity index (χ0n) is 32.2. The third-order valence-electron chi connectivity index (χ3n) is 11.1. The number of aryl methyl sites for hydroxylation is 1. The summed E-state index contributed by atoms with van der Waals surface area (Å²) in [5, 5.41) is 13.5. The zero-order chi connectivity index (χ0) is 36.6. The van der Waals surface area contributed by atoms with Crippen molar-refractivity contribution in [2.24, 2.45) is 11.3 Å². The number of allylic oxidation sites excluding steroid dienone is 2. The van der Waals surface area contributed by atoms with E-state index in [-0.39, 0.29) is 30.6 Å². The van der Waals surface area contributed by atoms with Gasteiger partial charge >= 0.3 is 0 Å². The Morgan fingerprint density at radius 2 is 1.66 bits per heavy atom. The van der Waals surface area contributed by atoms with Crippen LogP contribution in [-0.4, -0.2) is 71.7 Å². The summed E-state index contributed by atoms with van der Waals surface area (Å²) >= 11 is 0. The Hall–Kier alpha value is -2.50. The molecule has 2 aromatic carbocycles. The first-order valence-corrected chi connectivity index (χ1v) is 21.0. The molecule has 0 saturated heterocycles. The minimum atomic E-state index is -2.13. The maximum absolute atomic E-state index is 13.4. The molecule has 2 aliphatic rings. The van der Waals surface area contributed by atoms with Crippen molar-refractivity contribution in [3.05, 3.63) is 83.0 Å². The van der Waals surface area contributed by atoms with E-state index < -0.39 is 25.4 Å². The monoisotopic (exact) mass is 710 g/mol. The smallest absolute Gasteiger partial charge is 0.192 e. The zero-order valence-corrected chi connectivity index (χ0v) is 33.2. The first kappa shape index (κ1) is 40.3. The van der Waals surface area contributed by atoms with Crippen LogP contribution in [0.3, 0.4) is 0 Å². The number of hydrogen-bond donors (Lipinski definition) is 1. The highest BCUT2D eigenvalue weighted by Crippen LogP contribution is 2.58. The van der Waals surface area contributed by atoms with Crippen molar-refractivity contribution in [1.82, 2.24) is 0 Å². The van der Waals surface area contributed by atoms with Gasteiger partial charge in [-0.2, -0.15) is 0 Å². The van der Waals surface area contributed by atoms with Crippen LogP contribution in [0.25, 0.3) is 0 Å². The van der Waals surface area contributed by atoms with Gasteiger partial charge in [-0.15, -0.1) is 0 Å². The van der Waals surface area contributed by atoms with Crippen molar-refractivity contribution in [3.8, 4) is 11.5 Å². The second-order valence-corrected chi connectivity index (χ2v) is 20.3. The molecule has 0 radical (unpaired) electrons. The summed E-state index contributed by atoms with van der Waals surface area (Å²) in [5.74, 6) is 1.33. The SMILES string of the molecule is CCOCCOc1cc(C)cc(OCOC)c1CC(OCOCc1ccccc1)[C@]1(O)C(C)=C[C@@H](O[Si](C)(C)C(C)(C)C)[C@H]2CC=CC[C@]21C. The summed E-state index contributed by atoms with van der Waals surface area (Å²) < 4.78 is 43.4. The summed E-state index contributed by atoms with van der Waals surface area (Å²) in [5.41, 5.74) is 1.69. The van der Waals surface area contributed by atoms with E-state index in [1.54, 1.807) is 7.11 Å². The predicted octanol–water partition coefficient (Wildman–Crippen LogP) is 8.55. The van der Waals surface area contributed by atoms with Crippen molar-refractivity contribution < 1.29 is 38.0 Å². The highest BCUT2D eigenvalue weighted by Gasteiger charge is 2.62. The maximum atomic E-state index is 13.4. The van der Waals surface area contributed by atoms with Crippen LogP contribution in [-0.2, 0) is 36.4 Å². The van der Waals surface area contributed by atoms with Crippen LogP contribution in [0.2, 0.25) is 18.1 Å². The second kappa shape index (κ2) is 17.3. The van der Waals surface area contributed by atoms with Gasteiger partial charge in [0, 0.05) is 31.1 Å². The highest BCUT2D eigenvalue weighted by atomic mass is 28.4. The molecule has 0 heterocycles. The molecule has 0 bridgehead atoms. The Kier molecular flexibility index (Phi) is 14.0. The number of rotatable bonds is 18. The van der Waals surface area contributed by atoms with Gasteiger partial charge in [0.15, 0.2) is 15.1 Å². The topological polar surface area (TPSA) is 84.8 Å². The minimum Gasteiger partial charge on any atom is -0.491 e. The van der Waals surface area contributed by atoms with Gasteiger partial charge in [0.2, 0.25) is 0 Å². The first-order chi connectivity index (χ1) is 23.7. The second-order valence-electron chi connectivity index (χ2n) is 15.5. The molecule has 9 heteroatoms. The van der Waals surface area contributed by atoms with Gasteiger partial charge < -0.3 is 38.0 Å². The fourth-order valence-electron chi connectivity index (χ4n) is 7.18. The molecule has 0 spiro atoms. The molecule has 278 valence electrons. The standard InChI is InChI=1S/C41H62O8Si/c1-11-44-21-22-46-35-23-30(2)24-36(47-28-43-8)33(35)26-38(48-29-45-27-32-17-13-12-14-18-32)41(42)31(3)25-37(49-50(9,10)39(4,5)6)34-19-15-16-20-40(34,41)7/h12-18,23-25,34,37-38,42H,11,19-22,26-29H2,1-10H3/t34-,37-,38?,40-,41-/m1/s1. The van der Waals surface area contributed by atoms with E-state index in [2.05, 4.69) is 59.0 Å². The van der Waals surface area contributed by atoms with Crippen molar-refractivity contribution in [2.45, 2.75) is 110 Å². The summed E-state index contributed by atoms with van der Waals surface area (Å²) in [6, 6.07) is 14.0. The first-order valence-electron chi connectivity index (χ1n) is 18.1. The Balaban J connectivity index is 1.79. The average Bonchev–Trinajstić information content (AvgIpc) is 3.06. The lowest BCUT2D eigenvalue weighted by Crippen LogP contribution is -2.65. The normalized spacial score (nSPS) is 24.4. The molecule has 0 aliphatic heterocycles. The van der Waals surface area contributed by atoms with E-state index in [4.69, 9.17) is 32.8 Å². The molecule has 2 aliphatic carbocycles. The maximum Gasteiger partial charge on any atom is 0.192 e. The van der Waals surface area contributed by atoms with E-state index in [1.165, 1.54) is 0 Å². The fraction of sp³-hybridized carbons (Fsp3) is 0.610. The van der Waals surface area contributed by atoms with Crippen molar-refractivity contribution in [2.75, 3.05) is 40.5 Å². The molecule has 1 unspecified atom stereocenters. The van der Waals surface area contributed by atoms with E-state index in [9.17, 15) is 5.11 Å². The minimum absolute atomic E-state index is 0.00368. The van der Waals surface area contributed by atoms with Crippen LogP contribution in [0.1, 0.15) is 71.1 Å². The molecule has 2 aromatic rings. The van der Waals surface area contributed by atoms with E-state index in [1.807, 2.05) is 63.2 Å². The van der Waals surface area contributed by atoms with Gasteiger partial charge in [0.05, 0.1) is 25.4 Å². The van der Waals surface area contributed by atoms with Crippen molar-refractivity contribution >= 4 is 8.32 Å². The van der Waals surface area contributed by atoms with Crippen LogP contribution < -0.4 is 9.47 Å². The lowest BCUT2D eigenvalue weighted by molar-refractivity contribution is -0.212. The van der Waals surface area contributed by atoms with Crippen molar-refractivity contribution in [1.29, 1.82) is 0 Å². The summed E-state index contributed by atoms with van der Waals surface area (Å²) in [6.45, 7) is 21.5. The Morgan fingerprint density at radius 1 is 0.960 bits per heavy atom. The molecule has 1 N–H and O–H groups in total. The molecule has 8 nitrogen and oxygen atoms in total. The van der Waals surface area contributed by atoms with Crippen LogP contribution in [0.5, 0.6) is 11.5 Å². The molecular formula is C41H62O8Si. The van der Waals surface area contributed by atoms with E-state index in [0.717, 1.165) is 28.7 Å².